The van der Waals surface area contributed by atoms with Crippen LogP contribution in [0.4, 0.5) is 0 Å². The average molecular weight is 428 g/mol. The molecule has 1 saturated carbocycles. The first-order valence-corrected chi connectivity index (χ1v) is 12.0. The molecule has 30 heavy (non-hydrogen) atoms. The van der Waals surface area contributed by atoms with Crippen LogP contribution in [0.2, 0.25) is 0 Å². The first-order valence-electron chi connectivity index (χ1n) is 10.5. The van der Waals surface area contributed by atoms with Gasteiger partial charge >= 0.3 is 0 Å². The van der Waals surface area contributed by atoms with Gasteiger partial charge in [-0.05, 0) is 43.9 Å². The first kappa shape index (κ1) is 21.0. The molecule has 0 spiro atoms. The van der Waals surface area contributed by atoms with E-state index < -0.39 is 16.1 Å². The highest BCUT2D eigenvalue weighted by Gasteiger charge is 2.36. The van der Waals surface area contributed by atoms with Crippen molar-refractivity contribution in [3.63, 3.8) is 0 Å². The van der Waals surface area contributed by atoms with Gasteiger partial charge in [-0.1, -0.05) is 48.0 Å². The van der Waals surface area contributed by atoms with Gasteiger partial charge in [0, 0.05) is 32.2 Å². The number of nitrogens with one attached hydrogen (secondary N) is 1. The number of carbonyl (C=O) groups is 1. The number of aryl methyl sites for hydroxylation is 2. The van der Waals surface area contributed by atoms with Gasteiger partial charge in [0.2, 0.25) is 15.9 Å². The third kappa shape index (κ3) is 4.43. The molecule has 1 atom stereocenters. The molecule has 1 N–H and O–H groups in total. The summed E-state index contributed by atoms with van der Waals surface area (Å²) in [5.41, 5.74) is 2.76. The second kappa shape index (κ2) is 8.49. The van der Waals surface area contributed by atoms with Gasteiger partial charge in [-0.15, -0.1) is 0 Å². The standard InChI is InChI=1S/C23H29N3O3S/c1-17-8-11-21(18(2)16-17)30(28,29)26-14-12-25(13-15-26)22(19-6-4-3-5-7-19)23(27)24-20-9-10-20/h3-8,11,16,20,22H,9-10,12-15H2,1-2H3,(H,24,27). The molecule has 1 aliphatic heterocycles. The first-order chi connectivity index (χ1) is 14.4. The summed E-state index contributed by atoms with van der Waals surface area (Å²) in [5, 5.41) is 3.12. The van der Waals surface area contributed by atoms with Gasteiger partial charge in [0.25, 0.3) is 0 Å². The van der Waals surface area contributed by atoms with E-state index in [-0.39, 0.29) is 11.9 Å². The predicted molar refractivity (Wildman–Crippen MR) is 117 cm³/mol. The Morgan fingerprint density at radius 3 is 2.27 bits per heavy atom. The van der Waals surface area contributed by atoms with E-state index in [1.54, 1.807) is 10.4 Å². The zero-order valence-corrected chi connectivity index (χ0v) is 18.4. The Bertz CT molecular complexity index is 1010. The predicted octanol–water partition coefficient (Wildman–Crippen LogP) is 2.63. The van der Waals surface area contributed by atoms with E-state index in [2.05, 4.69) is 10.2 Å². The molecule has 1 unspecified atom stereocenters. The second-order valence-corrected chi connectivity index (χ2v) is 10.2. The summed E-state index contributed by atoms with van der Waals surface area (Å²) in [6, 6.07) is 15.1. The molecule has 160 valence electrons. The minimum atomic E-state index is -3.55. The van der Waals surface area contributed by atoms with Gasteiger partial charge < -0.3 is 5.32 Å². The van der Waals surface area contributed by atoms with Crippen LogP contribution < -0.4 is 5.32 Å². The molecule has 0 aromatic heterocycles. The highest BCUT2D eigenvalue weighted by atomic mass is 32.2. The molecule has 2 aromatic carbocycles. The van der Waals surface area contributed by atoms with Crippen molar-refractivity contribution in [1.82, 2.24) is 14.5 Å². The van der Waals surface area contributed by atoms with E-state index in [0.29, 0.717) is 31.1 Å². The molecule has 1 aliphatic carbocycles. The number of hydrogen-bond donors (Lipinski definition) is 1. The summed E-state index contributed by atoms with van der Waals surface area (Å²) >= 11 is 0. The third-order valence-corrected chi connectivity index (χ3v) is 7.93. The summed E-state index contributed by atoms with van der Waals surface area (Å²) in [6.07, 6.45) is 2.07. The third-order valence-electron chi connectivity index (χ3n) is 5.87. The van der Waals surface area contributed by atoms with Crippen molar-refractivity contribution >= 4 is 15.9 Å². The Balaban J connectivity index is 1.50. The molecule has 1 saturated heterocycles. The highest BCUT2D eigenvalue weighted by Crippen LogP contribution is 2.28. The molecular formula is C23H29N3O3S. The number of nitrogens with zero attached hydrogens (tertiary/aromatic N) is 2. The maximum absolute atomic E-state index is 13.2. The normalized spacial score (nSPS) is 19.4. The lowest BCUT2D eigenvalue weighted by Gasteiger charge is -2.38. The molecule has 2 aliphatic rings. The molecule has 0 bridgehead atoms. The molecule has 2 aromatic rings. The Kier molecular flexibility index (Phi) is 5.95. The van der Waals surface area contributed by atoms with Gasteiger partial charge in [-0.2, -0.15) is 4.31 Å². The van der Waals surface area contributed by atoms with Crippen LogP contribution in [0.15, 0.2) is 53.4 Å². The summed E-state index contributed by atoms with van der Waals surface area (Å²) in [4.78, 5) is 15.5. The zero-order chi connectivity index (χ0) is 21.3. The molecule has 1 amide bonds. The summed E-state index contributed by atoms with van der Waals surface area (Å²) in [5.74, 6) is 0.00869. The Morgan fingerprint density at radius 2 is 1.67 bits per heavy atom. The quantitative estimate of drug-likeness (QED) is 0.770. The van der Waals surface area contributed by atoms with Crippen molar-refractivity contribution in [3.8, 4) is 0 Å². The molecule has 0 radical (unpaired) electrons. The van der Waals surface area contributed by atoms with E-state index in [1.165, 1.54) is 0 Å². The minimum absolute atomic E-state index is 0.00869. The largest absolute Gasteiger partial charge is 0.352 e. The van der Waals surface area contributed by atoms with E-state index in [4.69, 9.17) is 0 Å². The second-order valence-electron chi connectivity index (χ2n) is 8.31. The minimum Gasteiger partial charge on any atom is -0.352 e. The van der Waals surface area contributed by atoms with Crippen molar-refractivity contribution in [1.29, 1.82) is 0 Å². The fraction of sp³-hybridized carbons (Fsp3) is 0.435. The van der Waals surface area contributed by atoms with Crippen LogP contribution in [0.25, 0.3) is 0 Å². The lowest BCUT2D eigenvalue weighted by molar-refractivity contribution is -0.127. The van der Waals surface area contributed by atoms with Crippen LogP contribution in [0.1, 0.15) is 35.6 Å². The summed E-state index contributed by atoms with van der Waals surface area (Å²) in [6.45, 7) is 5.57. The molecule has 6 nitrogen and oxygen atoms in total. The van der Waals surface area contributed by atoms with Gasteiger partial charge in [-0.25, -0.2) is 8.42 Å². The molecular weight excluding hydrogens is 398 g/mol. The van der Waals surface area contributed by atoms with Gasteiger partial charge in [0.1, 0.15) is 6.04 Å². The summed E-state index contributed by atoms with van der Waals surface area (Å²) < 4.78 is 27.9. The van der Waals surface area contributed by atoms with E-state index >= 15 is 0 Å². The molecule has 1 heterocycles. The van der Waals surface area contributed by atoms with Crippen molar-refractivity contribution in [3.05, 3.63) is 65.2 Å². The fourth-order valence-electron chi connectivity index (χ4n) is 4.10. The topological polar surface area (TPSA) is 69.7 Å². The van der Waals surface area contributed by atoms with E-state index in [9.17, 15) is 13.2 Å². The SMILES string of the molecule is Cc1ccc(S(=O)(=O)N2CCN(C(C(=O)NC3CC3)c3ccccc3)CC2)c(C)c1. The Labute approximate surface area is 178 Å². The number of rotatable bonds is 6. The maximum atomic E-state index is 13.2. The van der Waals surface area contributed by atoms with Crippen molar-refractivity contribution < 1.29 is 13.2 Å². The smallest absolute Gasteiger partial charge is 0.243 e. The summed E-state index contributed by atoms with van der Waals surface area (Å²) in [7, 11) is -3.55. The van der Waals surface area contributed by atoms with Crippen LogP contribution in [-0.4, -0.2) is 55.8 Å². The number of piperazine rings is 1. The maximum Gasteiger partial charge on any atom is 0.243 e. The highest BCUT2D eigenvalue weighted by molar-refractivity contribution is 7.89. The number of benzene rings is 2. The van der Waals surface area contributed by atoms with Gasteiger partial charge in [0.15, 0.2) is 0 Å². The molecule has 2 fully saturated rings. The van der Waals surface area contributed by atoms with E-state index in [0.717, 1.165) is 29.5 Å². The molecule has 4 rings (SSSR count). The van der Waals surface area contributed by atoms with Gasteiger partial charge in [0.05, 0.1) is 4.90 Å². The number of amides is 1. The van der Waals surface area contributed by atoms with Crippen LogP contribution in [-0.2, 0) is 14.8 Å². The Hall–Kier alpha value is -2.22. The molecule has 7 heteroatoms. The zero-order valence-electron chi connectivity index (χ0n) is 17.5. The van der Waals surface area contributed by atoms with Crippen LogP contribution >= 0.6 is 0 Å². The number of hydrogen-bond acceptors (Lipinski definition) is 4. The fourth-order valence-corrected chi connectivity index (χ4v) is 5.73. The van der Waals surface area contributed by atoms with E-state index in [1.807, 2.05) is 56.3 Å². The number of sulfonamides is 1. The van der Waals surface area contributed by atoms with Gasteiger partial charge in [-0.3, -0.25) is 9.69 Å². The van der Waals surface area contributed by atoms with Crippen molar-refractivity contribution in [2.24, 2.45) is 0 Å². The van der Waals surface area contributed by atoms with Crippen molar-refractivity contribution in [2.75, 3.05) is 26.2 Å². The Morgan fingerprint density at radius 1 is 1.00 bits per heavy atom. The van der Waals surface area contributed by atoms with Crippen LogP contribution in [0.3, 0.4) is 0 Å². The lowest BCUT2D eigenvalue weighted by atomic mass is 10.0. The van der Waals surface area contributed by atoms with Crippen LogP contribution in [0, 0.1) is 13.8 Å². The van der Waals surface area contributed by atoms with Crippen LogP contribution in [0.5, 0.6) is 0 Å². The van der Waals surface area contributed by atoms with Crippen molar-refractivity contribution in [2.45, 2.75) is 43.7 Å². The number of carbonyl (C=O) groups excluding carboxylic acids is 1. The lowest BCUT2D eigenvalue weighted by Crippen LogP contribution is -2.52. The monoisotopic (exact) mass is 427 g/mol. The average Bonchev–Trinajstić information content (AvgIpc) is 3.53.